The summed E-state index contributed by atoms with van der Waals surface area (Å²) in [4.78, 5) is 18.8. The molecule has 4 heteroatoms. The fraction of sp³-hybridized carbons (Fsp3) is 0.154. The zero-order valence-electron chi connectivity index (χ0n) is 9.68. The van der Waals surface area contributed by atoms with E-state index in [9.17, 15) is 4.79 Å². The van der Waals surface area contributed by atoms with Crippen LogP contribution in [0.3, 0.4) is 0 Å². The second kappa shape index (κ2) is 4.74. The maximum Gasteiger partial charge on any atom is 0.193 e. The van der Waals surface area contributed by atoms with Crippen molar-refractivity contribution in [2.75, 3.05) is 7.11 Å². The number of benzene rings is 1. The van der Waals surface area contributed by atoms with Gasteiger partial charge in [-0.2, -0.15) is 0 Å². The Bertz CT molecular complexity index is 536. The fourth-order valence-electron chi connectivity index (χ4n) is 1.55. The first kappa shape index (κ1) is 11.3. The van der Waals surface area contributed by atoms with Crippen LogP contribution in [0.4, 0.5) is 0 Å². The van der Waals surface area contributed by atoms with Gasteiger partial charge in [0.2, 0.25) is 0 Å². The Morgan fingerprint density at radius 3 is 2.53 bits per heavy atom. The maximum absolute atomic E-state index is 10.7. The molecule has 2 rings (SSSR count). The van der Waals surface area contributed by atoms with E-state index >= 15 is 0 Å². The molecule has 0 spiro atoms. The first-order valence-electron chi connectivity index (χ1n) is 5.18. The van der Waals surface area contributed by atoms with Gasteiger partial charge in [0.15, 0.2) is 12.1 Å². The molecule has 4 nitrogen and oxygen atoms in total. The van der Waals surface area contributed by atoms with E-state index < -0.39 is 0 Å². The van der Waals surface area contributed by atoms with E-state index in [0.29, 0.717) is 6.29 Å². The van der Waals surface area contributed by atoms with E-state index in [1.165, 1.54) is 0 Å². The molecule has 0 N–H and O–H groups in total. The smallest absolute Gasteiger partial charge is 0.193 e. The molecule has 0 unspecified atom stereocenters. The molecule has 0 aliphatic rings. The lowest BCUT2D eigenvalue weighted by molar-refractivity contribution is 0.111. The third-order valence-corrected chi connectivity index (χ3v) is 2.46. The van der Waals surface area contributed by atoms with Crippen molar-refractivity contribution in [2.24, 2.45) is 0 Å². The van der Waals surface area contributed by atoms with Gasteiger partial charge in [-0.05, 0) is 36.8 Å². The molecular weight excluding hydrogens is 216 g/mol. The summed E-state index contributed by atoms with van der Waals surface area (Å²) in [7, 11) is 1.62. The maximum atomic E-state index is 10.7. The standard InChI is InChI=1S/C13H12N2O2/c1-9-7-14-12(8-16)15-13(9)10-3-5-11(17-2)6-4-10/h3-8H,1-2H3. The zero-order valence-corrected chi connectivity index (χ0v) is 9.68. The first-order valence-corrected chi connectivity index (χ1v) is 5.18. The molecule has 1 heterocycles. The van der Waals surface area contributed by atoms with Crippen LogP contribution in [-0.2, 0) is 0 Å². The second-order valence-corrected chi connectivity index (χ2v) is 3.61. The van der Waals surface area contributed by atoms with Crippen LogP contribution in [0.25, 0.3) is 11.3 Å². The first-order chi connectivity index (χ1) is 8.24. The highest BCUT2D eigenvalue weighted by Gasteiger charge is 2.06. The number of methoxy groups -OCH3 is 1. The highest BCUT2D eigenvalue weighted by Crippen LogP contribution is 2.22. The Balaban J connectivity index is 2.47. The van der Waals surface area contributed by atoms with E-state index in [1.807, 2.05) is 31.2 Å². The molecule has 0 bridgehead atoms. The van der Waals surface area contributed by atoms with Crippen molar-refractivity contribution in [2.45, 2.75) is 6.92 Å². The van der Waals surface area contributed by atoms with Crippen molar-refractivity contribution in [3.63, 3.8) is 0 Å². The van der Waals surface area contributed by atoms with Crippen LogP contribution in [-0.4, -0.2) is 23.4 Å². The molecule has 0 fully saturated rings. The van der Waals surface area contributed by atoms with E-state index in [-0.39, 0.29) is 5.82 Å². The minimum Gasteiger partial charge on any atom is -0.497 e. The van der Waals surface area contributed by atoms with Gasteiger partial charge in [0.1, 0.15) is 5.75 Å². The van der Waals surface area contributed by atoms with Crippen molar-refractivity contribution in [1.29, 1.82) is 0 Å². The van der Waals surface area contributed by atoms with Gasteiger partial charge in [0.05, 0.1) is 12.8 Å². The summed E-state index contributed by atoms with van der Waals surface area (Å²) in [5.74, 6) is 0.984. The molecule has 86 valence electrons. The monoisotopic (exact) mass is 228 g/mol. The zero-order chi connectivity index (χ0) is 12.3. The van der Waals surface area contributed by atoms with Crippen LogP contribution in [0.1, 0.15) is 16.2 Å². The molecule has 1 aromatic heterocycles. The summed E-state index contributed by atoms with van der Waals surface area (Å²) in [5, 5.41) is 0. The SMILES string of the molecule is COc1ccc(-c2nc(C=O)ncc2C)cc1. The summed E-state index contributed by atoms with van der Waals surface area (Å²) < 4.78 is 5.09. The molecule has 0 aliphatic heterocycles. The Labute approximate surface area is 99.3 Å². The Morgan fingerprint density at radius 2 is 1.94 bits per heavy atom. The summed E-state index contributed by atoms with van der Waals surface area (Å²) >= 11 is 0. The molecule has 0 saturated carbocycles. The van der Waals surface area contributed by atoms with Gasteiger partial charge < -0.3 is 4.74 Å². The molecule has 2 aromatic rings. The lowest BCUT2D eigenvalue weighted by atomic mass is 10.1. The highest BCUT2D eigenvalue weighted by molar-refractivity contribution is 5.72. The average molecular weight is 228 g/mol. The van der Waals surface area contributed by atoms with Crippen LogP contribution < -0.4 is 4.74 Å². The normalized spacial score (nSPS) is 10.0. The molecule has 0 radical (unpaired) electrons. The van der Waals surface area contributed by atoms with Gasteiger partial charge in [-0.1, -0.05) is 0 Å². The number of aldehydes is 1. The molecule has 0 amide bonds. The van der Waals surface area contributed by atoms with Crippen molar-refractivity contribution >= 4 is 6.29 Å². The van der Waals surface area contributed by atoms with E-state index in [4.69, 9.17) is 4.74 Å². The Morgan fingerprint density at radius 1 is 1.24 bits per heavy atom. The van der Waals surface area contributed by atoms with Crippen molar-refractivity contribution < 1.29 is 9.53 Å². The molecule has 0 aliphatic carbocycles. The van der Waals surface area contributed by atoms with Gasteiger partial charge in [-0.15, -0.1) is 0 Å². The number of nitrogens with zero attached hydrogens (tertiary/aromatic N) is 2. The number of ether oxygens (including phenoxy) is 1. The van der Waals surface area contributed by atoms with Crippen molar-refractivity contribution in [3.8, 4) is 17.0 Å². The number of carbonyl (C=O) groups excluding carboxylic acids is 1. The minimum atomic E-state index is 0.196. The van der Waals surface area contributed by atoms with Crippen molar-refractivity contribution in [3.05, 3.63) is 41.9 Å². The van der Waals surface area contributed by atoms with E-state index in [2.05, 4.69) is 9.97 Å². The summed E-state index contributed by atoms with van der Waals surface area (Å²) in [6, 6.07) is 7.53. The van der Waals surface area contributed by atoms with Gasteiger partial charge >= 0.3 is 0 Å². The van der Waals surface area contributed by atoms with Gasteiger partial charge in [-0.3, -0.25) is 4.79 Å². The van der Waals surface area contributed by atoms with Crippen LogP contribution >= 0.6 is 0 Å². The van der Waals surface area contributed by atoms with Gasteiger partial charge in [0.25, 0.3) is 0 Å². The van der Waals surface area contributed by atoms with Crippen molar-refractivity contribution in [1.82, 2.24) is 9.97 Å². The number of aromatic nitrogens is 2. The Kier molecular flexibility index (Phi) is 3.14. The summed E-state index contributed by atoms with van der Waals surface area (Å²) in [6.07, 6.45) is 2.29. The predicted octanol–water partition coefficient (Wildman–Crippen LogP) is 2.27. The summed E-state index contributed by atoms with van der Waals surface area (Å²) in [6.45, 7) is 1.91. The average Bonchev–Trinajstić information content (AvgIpc) is 2.39. The van der Waals surface area contributed by atoms with Gasteiger partial charge in [-0.25, -0.2) is 9.97 Å². The quantitative estimate of drug-likeness (QED) is 0.756. The number of hydrogen-bond acceptors (Lipinski definition) is 4. The largest absolute Gasteiger partial charge is 0.497 e. The second-order valence-electron chi connectivity index (χ2n) is 3.61. The van der Waals surface area contributed by atoms with E-state index in [0.717, 1.165) is 22.6 Å². The molecule has 0 saturated heterocycles. The lowest BCUT2D eigenvalue weighted by Crippen LogP contribution is -1.97. The topological polar surface area (TPSA) is 52.1 Å². The van der Waals surface area contributed by atoms with Crippen LogP contribution in [0.2, 0.25) is 0 Å². The minimum absolute atomic E-state index is 0.196. The van der Waals surface area contributed by atoms with Crippen LogP contribution in [0.5, 0.6) is 5.75 Å². The predicted molar refractivity (Wildman–Crippen MR) is 64.1 cm³/mol. The third-order valence-electron chi connectivity index (χ3n) is 2.46. The molecule has 17 heavy (non-hydrogen) atoms. The Hall–Kier alpha value is -2.23. The molecule has 1 aromatic carbocycles. The fourth-order valence-corrected chi connectivity index (χ4v) is 1.55. The molecule has 0 atom stereocenters. The van der Waals surface area contributed by atoms with Crippen LogP contribution in [0.15, 0.2) is 30.5 Å². The van der Waals surface area contributed by atoms with E-state index in [1.54, 1.807) is 13.3 Å². The van der Waals surface area contributed by atoms with Crippen LogP contribution in [0, 0.1) is 6.92 Å². The lowest BCUT2D eigenvalue weighted by Gasteiger charge is -2.06. The summed E-state index contributed by atoms with van der Waals surface area (Å²) in [5.41, 5.74) is 2.64. The number of aryl methyl sites for hydroxylation is 1. The number of hydrogen-bond donors (Lipinski definition) is 0. The molecular formula is C13H12N2O2. The number of rotatable bonds is 3. The van der Waals surface area contributed by atoms with Gasteiger partial charge in [0, 0.05) is 11.8 Å². The third kappa shape index (κ3) is 2.30. The number of carbonyl (C=O) groups is 1. The highest BCUT2D eigenvalue weighted by atomic mass is 16.5.